The lowest BCUT2D eigenvalue weighted by atomic mass is 10.2. The Bertz CT molecular complexity index is 894. The second-order valence-corrected chi connectivity index (χ2v) is 5.44. The van der Waals surface area contributed by atoms with Crippen molar-refractivity contribution in [3.05, 3.63) is 48.0 Å². The predicted octanol–water partition coefficient (Wildman–Crippen LogP) is 2.53. The lowest BCUT2D eigenvalue weighted by Gasteiger charge is -2.09. The molecule has 1 aromatic heterocycles. The molecular formula is C16H14N4O3S. The van der Waals surface area contributed by atoms with Gasteiger partial charge in [0.25, 0.3) is 0 Å². The highest BCUT2D eigenvalue weighted by molar-refractivity contribution is 7.00. The number of amides is 1. The third-order valence-corrected chi connectivity index (χ3v) is 3.84. The summed E-state index contributed by atoms with van der Waals surface area (Å²) in [5, 5.41) is 5.77. The highest BCUT2D eigenvalue weighted by atomic mass is 32.1. The predicted molar refractivity (Wildman–Crippen MR) is 92.3 cm³/mol. The molecule has 0 aliphatic carbocycles. The molecule has 1 amide bonds. The molecule has 0 unspecified atom stereocenters. The van der Waals surface area contributed by atoms with Crippen molar-refractivity contribution in [3.63, 3.8) is 0 Å². The highest BCUT2D eigenvalue weighted by Gasteiger charge is 2.09. The van der Waals surface area contributed by atoms with E-state index in [2.05, 4.69) is 24.1 Å². The lowest BCUT2D eigenvalue weighted by molar-refractivity contribution is -0.114. The maximum atomic E-state index is 12.1. The summed E-state index contributed by atoms with van der Waals surface area (Å²) in [7, 11) is 1.32. The van der Waals surface area contributed by atoms with E-state index in [0.717, 1.165) is 17.2 Å². The van der Waals surface area contributed by atoms with E-state index in [0.29, 0.717) is 22.5 Å². The van der Waals surface area contributed by atoms with Gasteiger partial charge in [-0.05, 0) is 30.3 Å². The molecule has 0 radical (unpaired) electrons. The number of aromatic nitrogens is 2. The highest BCUT2D eigenvalue weighted by Crippen LogP contribution is 2.21. The Balaban J connectivity index is 1.64. The number of carbonyl (C=O) groups excluding carboxylic acids is 2. The molecule has 7 nitrogen and oxygen atoms in total. The average Bonchev–Trinajstić information content (AvgIpc) is 3.09. The van der Waals surface area contributed by atoms with Gasteiger partial charge in [0.15, 0.2) is 0 Å². The summed E-state index contributed by atoms with van der Waals surface area (Å²) >= 11 is 1.10. The van der Waals surface area contributed by atoms with Gasteiger partial charge in [0.2, 0.25) is 5.91 Å². The van der Waals surface area contributed by atoms with Crippen molar-refractivity contribution in [3.8, 4) is 0 Å². The zero-order valence-electron chi connectivity index (χ0n) is 12.8. The molecule has 122 valence electrons. The number of hydrogen-bond acceptors (Lipinski definition) is 7. The van der Waals surface area contributed by atoms with E-state index in [-0.39, 0.29) is 12.5 Å². The quantitative estimate of drug-likeness (QED) is 0.692. The van der Waals surface area contributed by atoms with Gasteiger partial charge in [0, 0.05) is 5.69 Å². The Morgan fingerprint density at radius 2 is 2.00 bits per heavy atom. The van der Waals surface area contributed by atoms with Crippen molar-refractivity contribution in [2.75, 3.05) is 24.3 Å². The van der Waals surface area contributed by atoms with Crippen LogP contribution in [0.1, 0.15) is 10.4 Å². The second-order valence-electron chi connectivity index (χ2n) is 4.91. The SMILES string of the molecule is COC(=O)c1cccc(NCC(=O)Nc2cccc3nsnc23)c1. The first kappa shape index (κ1) is 15.9. The van der Waals surface area contributed by atoms with Crippen molar-refractivity contribution >= 4 is 46.0 Å². The Morgan fingerprint density at radius 3 is 2.83 bits per heavy atom. The number of esters is 1. The minimum atomic E-state index is -0.425. The summed E-state index contributed by atoms with van der Waals surface area (Å²) in [4.78, 5) is 23.6. The molecule has 0 aliphatic rings. The Kier molecular flexibility index (Phi) is 4.66. The average molecular weight is 342 g/mol. The number of nitrogens with zero attached hydrogens (tertiary/aromatic N) is 2. The van der Waals surface area contributed by atoms with Gasteiger partial charge in [-0.15, -0.1) is 0 Å². The molecule has 0 spiro atoms. The smallest absolute Gasteiger partial charge is 0.337 e. The number of nitrogens with one attached hydrogen (secondary N) is 2. The first-order valence-electron chi connectivity index (χ1n) is 7.11. The summed E-state index contributed by atoms with van der Waals surface area (Å²) in [6, 6.07) is 12.2. The third-order valence-electron chi connectivity index (χ3n) is 3.30. The minimum Gasteiger partial charge on any atom is -0.465 e. The lowest BCUT2D eigenvalue weighted by Crippen LogP contribution is -2.22. The molecule has 0 saturated heterocycles. The number of hydrogen-bond donors (Lipinski definition) is 2. The topological polar surface area (TPSA) is 93.2 Å². The molecule has 1 heterocycles. The fraction of sp³-hybridized carbons (Fsp3) is 0.125. The van der Waals surface area contributed by atoms with Crippen molar-refractivity contribution in [1.29, 1.82) is 0 Å². The summed E-state index contributed by atoms with van der Waals surface area (Å²) in [6.45, 7) is 0.0541. The van der Waals surface area contributed by atoms with E-state index < -0.39 is 5.97 Å². The van der Waals surface area contributed by atoms with Crippen molar-refractivity contribution in [2.24, 2.45) is 0 Å². The number of fused-ring (bicyclic) bond motifs is 1. The van der Waals surface area contributed by atoms with Crippen LogP contribution in [-0.4, -0.2) is 34.3 Å². The normalized spacial score (nSPS) is 10.4. The minimum absolute atomic E-state index is 0.0541. The number of methoxy groups -OCH3 is 1. The van der Waals surface area contributed by atoms with Crippen molar-refractivity contribution in [1.82, 2.24) is 8.75 Å². The van der Waals surface area contributed by atoms with Crippen LogP contribution >= 0.6 is 11.7 Å². The Labute approximate surface area is 142 Å². The van der Waals surface area contributed by atoms with Crippen LogP contribution in [0.15, 0.2) is 42.5 Å². The number of ether oxygens (including phenoxy) is 1. The standard InChI is InChI=1S/C16H14N4O3S/c1-23-16(22)10-4-2-5-11(8-10)17-9-14(21)18-12-6-3-7-13-15(12)20-24-19-13/h2-8,17H,9H2,1H3,(H,18,21). The maximum Gasteiger partial charge on any atom is 0.337 e. The van der Waals surface area contributed by atoms with Crippen LogP contribution in [0.5, 0.6) is 0 Å². The largest absolute Gasteiger partial charge is 0.465 e. The molecule has 2 aromatic carbocycles. The number of rotatable bonds is 5. The molecule has 8 heteroatoms. The van der Waals surface area contributed by atoms with Gasteiger partial charge < -0.3 is 15.4 Å². The molecule has 0 saturated carbocycles. The van der Waals surface area contributed by atoms with Gasteiger partial charge in [-0.1, -0.05) is 12.1 Å². The van der Waals surface area contributed by atoms with Gasteiger partial charge >= 0.3 is 5.97 Å². The summed E-state index contributed by atoms with van der Waals surface area (Å²) < 4.78 is 13.0. The van der Waals surface area contributed by atoms with Crippen LogP contribution in [0.4, 0.5) is 11.4 Å². The zero-order chi connectivity index (χ0) is 16.9. The van der Waals surface area contributed by atoms with E-state index in [9.17, 15) is 9.59 Å². The zero-order valence-corrected chi connectivity index (χ0v) is 13.6. The van der Waals surface area contributed by atoms with Crippen LogP contribution in [0.25, 0.3) is 11.0 Å². The molecule has 24 heavy (non-hydrogen) atoms. The Morgan fingerprint density at radius 1 is 1.17 bits per heavy atom. The number of benzene rings is 2. The monoisotopic (exact) mass is 342 g/mol. The molecule has 0 fully saturated rings. The fourth-order valence-electron chi connectivity index (χ4n) is 2.16. The maximum absolute atomic E-state index is 12.1. The van der Waals surface area contributed by atoms with Gasteiger partial charge in [-0.2, -0.15) is 8.75 Å². The number of carbonyl (C=O) groups is 2. The van der Waals surface area contributed by atoms with Crippen molar-refractivity contribution in [2.45, 2.75) is 0 Å². The summed E-state index contributed by atoms with van der Waals surface area (Å²) in [5.74, 6) is -0.648. The second kappa shape index (κ2) is 7.05. The molecule has 3 rings (SSSR count). The number of anilines is 2. The Hall–Kier alpha value is -3.00. The van der Waals surface area contributed by atoms with Crippen LogP contribution in [-0.2, 0) is 9.53 Å². The molecule has 0 bridgehead atoms. The van der Waals surface area contributed by atoms with E-state index in [1.807, 2.05) is 12.1 Å². The fourth-order valence-corrected chi connectivity index (χ4v) is 2.71. The van der Waals surface area contributed by atoms with Crippen LogP contribution in [0, 0.1) is 0 Å². The van der Waals surface area contributed by atoms with Gasteiger partial charge in [0.05, 0.1) is 36.6 Å². The van der Waals surface area contributed by atoms with E-state index in [1.165, 1.54) is 7.11 Å². The van der Waals surface area contributed by atoms with Crippen LogP contribution < -0.4 is 10.6 Å². The van der Waals surface area contributed by atoms with E-state index in [4.69, 9.17) is 0 Å². The molecular weight excluding hydrogens is 328 g/mol. The molecule has 0 aliphatic heterocycles. The summed E-state index contributed by atoms with van der Waals surface area (Å²) in [6.07, 6.45) is 0. The van der Waals surface area contributed by atoms with Crippen LogP contribution in [0.3, 0.4) is 0 Å². The van der Waals surface area contributed by atoms with Gasteiger partial charge in [0.1, 0.15) is 11.0 Å². The molecule has 3 aromatic rings. The van der Waals surface area contributed by atoms with Crippen molar-refractivity contribution < 1.29 is 14.3 Å². The summed E-state index contributed by atoms with van der Waals surface area (Å²) in [5.41, 5.74) is 3.11. The van der Waals surface area contributed by atoms with E-state index in [1.54, 1.807) is 30.3 Å². The third kappa shape index (κ3) is 3.49. The van der Waals surface area contributed by atoms with Crippen LogP contribution in [0.2, 0.25) is 0 Å². The first-order valence-corrected chi connectivity index (χ1v) is 7.84. The van der Waals surface area contributed by atoms with Gasteiger partial charge in [-0.3, -0.25) is 4.79 Å². The molecule has 2 N–H and O–H groups in total. The van der Waals surface area contributed by atoms with Gasteiger partial charge in [-0.25, -0.2) is 4.79 Å². The molecule has 0 atom stereocenters. The van der Waals surface area contributed by atoms with E-state index >= 15 is 0 Å². The first-order chi connectivity index (χ1) is 11.7.